The number of hydrogen-bond acceptors (Lipinski definition) is 6. The van der Waals surface area contributed by atoms with Crippen LogP contribution in [0.5, 0.6) is 5.88 Å². The molecule has 0 unspecified atom stereocenters. The van der Waals surface area contributed by atoms with Gasteiger partial charge in [-0.1, -0.05) is 11.4 Å². The third-order valence-electron chi connectivity index (χ3n) is 2.71. The second-order valence-corrected chi connectivity index (χ2v) is 4.58. The molecule has 2 rings (SSSR count). The molecule has 2 aromatic heterocycles. The number of hydrogen-bond donors (Lipinski definition) is 0. The van der Waals surface area contributed by atoms with Crippen molar-refractivity contribution in [1.82, 2.24) is 14.6 Å². The Labute approximate surface area is 115 Å². The summed E-state index contributed by atoms with van der Waals surface area (Å²) in [7, 11) is 3.25. The van der Waals surface area contributed by atoms with Crippen LogP contribution in [0.25, 0.3) is 0 Å². The summed E-state index contributed by atoms with van der Waals surface area (Å²) in [6.45, 7) is 1.95. The fourth-order valence-electron chi connectivity index (χ4n) is 1.56. The molecule has 0 aliphatic carbocycles. The van der Waals surface area contributed by atoms with Crippen LogP contribution in [0.1, 0.15) is 22.3 Å². The summed E-state index contributed by atoms with van der Waals surface area (Å²) >= 11 is 1.12. The zero-order valence-electron chi connectivity index (χ0n) is 11.0. The average molecular weight is 278 g/mol. The summed E-state index contributed by atoms with van der Waals surface area (Å²) in [5.74, 6) is 0.386. The highest BCUT2D eigenvalue weighted by molar-refractivity contribution is 7.08. The van der Waals surface area contributed by atoms with Crippen LogP contribution in [-0.4, -0.2) is 34.6 Å². The first kappa shape index (κ1) is 13.4. The predicted molar refractivity (Wildman–Crippen MR) is 72.8 cm³/mol. The first-order valence-electron chi connectivity index (χ1n) is 5.76. The number of anilines is 1. The SMILES string of the molecule is CCc1nnsc1C(=O)N(C)c1ccc(OC)nc1. The molecule has 0 saturated carbocycles. The van der Waals surface area contributed by atoms with Crippen molar-refractivity contribution in [2.75, 3.05) is 19.1 Å². The van der Waals surface area contributed by atoms with E-state index in [1.807, 2.05) is 6.92 Å². The Kier molecular flexibility index (Phi) is 4.06. The minimum absolute atomic E-state index is 0.126. The van der Waals surface area contributed by atoms with Crippen molar-refractivity contribution in [3.8, 4) is 5.88 Å². The molecule has 0 fully saturated rings. The molecule has 6 nitrogen and oxygen atoms in total. The highest BCUT2D eigenvalue weighted by Crippen LogP contribution is 2.20. The molecule has 0 aliphatic heterocycles. The molecule has 0 spiro atoms. The Morgan fingerprint density at radius 1 is 1.47 bits per heavy atom. The lowest BCUT2D eigenvalue weighted by molar-refractivity contribution is 0.0995. The third-order valence-corrected chi connectivity index (χ3v) is 3.46. The lowest BCUT2D eigenvalue weighted by Gasteiger charge is -2.16. The van der Waals surface area contributed by atoms with Crippen LogP contribution in [0.3, 0.4) is 0 Å². The van der Waals surface area contributed by atoms with E-state index in [1.54, 1.807) is 32.5 Å². The largest absolute Gasteiger partial charge is 0.481 e. The maximum absolute atomic E-state index is 12.3. The van der Waals surface area contributed by atoms with Crippen molar-refractivity contribution in [3.63, 3.8) is 0 Å². The van der Waals surface area contributed by atoms with Crippen molar-refractivity contribution in [2.24, 2.45) is 0 Å². The van der Waals surface area contributed by atoms with E-state index in [0.717, 1.165) is 17.2 Å². The van der Waals surface area contributed by atoms with Gasteiger partial charge in [0.15, 0.2) is 0 Å². The van der Waals surface area contributed by atoms with E-state index in [0.29, 0.717) is 22.9 Å². The van der Waals surface area contributed by atoms with Gasteiger partial charge in [0.1, 0.15) is 4.88 Å². The second kappa shape index (κ2) is 5.75. The Balaban J connectivity index is 2.23. The summed E-state index contributed by atoms with van der Waals surface area (Å²) in [5.41, 5.74) is 1.42. The van der Waals surface area contributed by atoms with Gasteiger partial charge in [-0.15, -0.1) is 5.10 Å². The van der Waals surface area contributed by atoms with Gasteiger partial charge < -0.3 is 9.64 Å². The van der Waals surface area contributed by atoms with Gasteiger partial charge in [-0.3, -0.25) is 4.79 Å². The van der Waals surface area contributed by atoms with Gasteiger partial charge in [0, 0.05) is 13.1 Å². The molecule has 0 atom stereocenters. The molecule has 1 amide bonds. The number of methoxy groups -OCH3 is 1. The van der Waals surface area contributed by atoms with Crippen LogP contribution in [-0.2, 0) is 6.42 Å². The van der Waals surface area contributed by atoms with Gasteiger partial charge in [0.25, 0.3) is 5.91 Å². The maximum Gasteiger partial charge on any atom is 0.271 e. The Hall–Kier alpha value is -2.02. The minimum Gasteiger partial charge on any atom is -0.481 e. The van der Waals surface area contributed by atoms with E-state index in [1.165, 1.54) is 4.90 Å². The van der Waals surface area contributed by atoms with Crippen LogP contribution in [0, 0.1) is 0 Å². The third kappa shape index (κ3) is 2.70. The van der Waals surface area contributed by atoms with Crippen molar-refractivity contribution in [3.05, 3.63) is 28.9 Å². The highest BCUT2D eigenvalue weighted by atomic mass is 32.1. The van der Waals surface area contributed by atoms with E-state index in [2.05, 4.69) is 14.6 Å². The summed E-state index contributed by atoms with van der Waals surface area (Å²) < 4.78 is 8.81. The molecule has 2 aromatic rings. The zero-order valence-corrected chi connectivity index (χ0v) is 11.8. The minimum atomic E-state index is -0.126. The molecule has 0 N–H and O–H groups in total. The van der Waals surface area contributed by atoms with Crippen LogP contribution in [0.2, 0.25) is 0 Å². The number of amides is 1. The molecule has 0 aromatic carbocycles. The maximum atomic E-state index is 12.3. The fraction of sp³-hybridized carbons (Fsp3) is 0.333. The molecule has 100 valence electrons. The first-order valence-corrected chi connectivity index (χ1v) is 6.54. The summed E-state index contributed by atoms with van der Waals surface area (Å²) in [6, 6.07) is 3.49. The van der Waals surface area contributed by atoms with Gasteiger partial charge in [-0.05, 0) is 24.0 Å². The van der Waals surface area contributed by atoms with Gasteiger partial charge in [-0.2, -0.15) is 0 Å². The van der Waals surface area contributed by atoms with Gasteiger partial charge in [-0.25, -0.2) is 4.98 Å². The van der Waals surface area contributed by atoms with E-state index in [4.69, 9.17) is 4.74 Å². The van der Waals surface area contributed by atoms with Crippen LogP contribution in [0.15, 0.2) is 18.3 Å². The molecular weight excluding hydrogens is 264 g/mol. The number of pyridine rings is 1. The molecule has 0 aliphatic rings. The Bertz CT molecular complexity index is 567. The molecule has 7 heteroatoms. The number of ether oxygens (including phenoxy) is 1. The molecule has 2 heterocycles. The fourth-order valence-corrected chi connectivity index (χ4v) is 2.29. The number of aryl methyl sites for hydroxylation is 1. The lowest BCUT2D eigenvalue weighted by atomic mass is 10.2. The second-order valence-electron chi connectivity index (χ2n) is 3.83. The average Bonchev–Trinajstić information content (AvgIpc) is 2.94. The lowest BCUT2D eigenvalue weighted by Crippen LogP contribution is -2.26. The molecule has 19 heavy (non-hydrogen) atoms. The Morgan fingerprint density at radius 2 is 2.26 bits per heavy atom. The highest BCUT2D eigenvalue weighted by Gasteiger charge is 2.20. The molecular formula is C12H14N4O2S. The van der Waals surface area contributed by atoms with E-state index < -0.39 is 0 Å². The van der Waals surface area contributed by atoms with E-state index >= 15 is 0 Å². The summed E-state index contributed by atoms with van der Waals surface area (Å²) in [6.07, 6.45) is 2.28. The molecule has 0 bridgehead atoms. The van der Waals surface area contributed by atoms with Crippen molar-refractivity contribution < 1.29 is 9.53 Å². The van der Waals surface area contributed by atoms with Crippen molar-refractivity contribution in [1.29, 1.82) is 0 Å². The summed E-state index contributed by atoms with van der Waals surface area (Å²) in [4.78, 5) is 18.5. The monoisotopic (exact) mass is 278 g/mol. The number of carbonyl (C=O) groups excluding carboxylic acids is 1. The number of carbonyl (C=O) groups is 1. The van der Waals surface area contributed by atoms with E-state index in [-0.39, 0.29) is 5.91 Å². The zero-order chi connectivity index (χ0) is 13.8. The van der Waals surface area contributed by atoms with Gasteiger partial charge in [0.2, 0.25) is 5.88 Å². The van der Waals surface area contributed by atoms with Crippen LogP contribution < -0.4 is 9.64 Å². The number of nitrogens with zero attached hydrogens (tertiary/aromatic N) is 4. The quantitative estimate of drug-likeness (QED) is 0.852. The normalized spacial score (nSPS) is 10.3. The van der Waals surface area contributed by atoms with Crippen molar-refractivity contribution in [2.45, 2.75) is 13.3 Å². The summed E-state index contributed by atoms with van der Waals surface area (Å²) in [5, 5.41) is 3.94. The molecule has 0 saturated heterocycles. The van der Waals surface area contributed by atoms with Crippen LogP contribution in [0.4, 0.5) is 5.69 Å². The standard InChI is InChI=1S/C12H14N4O2S/c1-4-9-11(19-15-14-9)12(17)16(2)8-5-6-10(18-3)13-7-8/h5-7H,4H2,1-3H3. The van der Waals surface area contributed by atoms with Crippen LogP contribution >= 0.6 is 11.5 Å². The number of rotatable bonds is 4. The van der Waals surface area contributed by atoms with Crippen molar-refractivity contribution >= 4 is 23.1 Å². The first-order chi connectivity index (χ1) is 9.17. The predicted octanol–water partition coefficient (Wildman–Crippen LogP) is 1.78. The van der Waals surface area contributed by atoms with Gasteiger partial charge >= 0.3 is 0 Å². The van der Waals surface area contributed by atoms with Gasteiger partial charge in [0.05, 0.1) is 24.7 Å². The number of aromatic nitrogens is 3. The van der Waals surface area contributed by atoms with E-state index in [9.17, 15) is 4.79 Å². The topological polar surface area (TPSA) is 68.2 Å². The smallest absolute Gasteiger partial charge is 0.271 e. The molecule has 0 radical (unpaired) electrons. The Morgan fingerprint density at radius 3 is 2.84 bits per heavy atom.